The summed E-state index contributed by atoms with van der Waals surface area (Å²) in [5.74, 6) is 2.27. The van der Waals surface area contributed by atoms with Crippen molar-refractivity contribution < 1.29 is 14.4 Å². The van der Waals surface area contributed by atoms with Gasteiger partial charge >= 0.3 is 24.1 Å². The Morgan fingerprint density at radius 2 is 0.935 bits per heavy atom. The SMILES string of the molecule is C.CC(C)(C)c1nn2[n+](n1)Cn1nc(C(C)(C)C)n[n+]1C[n+]1nc(C(C)(C)C)nn1C2. The fraction of sp³-hybridized carbons (Fsp3) is 0.842. The van der Waals surface area contributed by atoms with Crippen molar-refractivity contribution in [2.24, 2.45) is 0 Å². The van der Waals surface area contributed by atoms with Crippen molar-refractivity contribution in [3.8, 4) is 0 Å². The minimum Gasteiger partial charge on any atom is -0.0776 e. The molecule has 12 heteroatoms. The topological polar surface area (TPSA) is 104 Å². The molecule has 0 saturated carbocycles. The molecular formula is C19H37N12+3. The normalized spacial score (nSPS) is 14.6. The molecule has 4 heterocycles. The van der Waals surface area contributed by atoms with Gasteiger partial charge in [0.05, 0.1) is 31.5 Å². The second-order valence-corrected chi connectivity index (χ2v) is 11.0. The van der Waals surface area contributed by atoms with E-state index in [0.29, 0.717) is 20.0 Å². The van der Waals surface area contributed by atoms with Crippen LogP contribution in [0.15, 0.2) is 0 Å². The minimum atomic E-state index is -0.180. The van der Waals surface area contributed by atoms with Crippen LogP contribution in [0.3, 0.4) is 0 Å². The van der Waals surface area contributed by atoms with E-state index < -0.39 is 0 Å². The number of hydrogen-bond donors (Lipinski definition) is 0. The van der Waals surface area contributed by atoms with Crippen LogP contribution in [0.1, 0.15) is 87.2 Å². The first kappa shape index (κ1) is 22.9. The van der Waals surface area contributed by atoms with E-state index in [2.05, 4.69) is 62.3 Å². The summed E-state index contributed by atoms with van der Waals surface area (Å²) in [6, 6.07) is 0. The van der Waals surface area contributed by atoms with Gasteiger partial charge in [-0.3, -0.25) is 0 Å². The molecule has 0 aromatic carbocycles. The number of tetrazole rings is 3. The van der Waals surface area contributed by atoms with Crippen molar-refractivity contribution in [2.75, 3.05) is 0 Å². The maximum atomic E-state index is 4.76. The molecule has 0 spiro atoms. The molecule has 0 amide bonds. The highest BCUT2D eigenvalue weighted by Gasteiger charge is 2.39. The molecule has 3 aromatic rings. The van der Waals surface area contributed by atoms with E-state index >= 15 is 0 Å². The summed E-state index contributed by atoms with van der Waals surface area (Å²) >= 11 is 0. The Kier molecular flexibility index (Phi) is 5.26. The van der Waals surface area contributed by atoms with Gasteiger partial charge in [-0.05, 0) is 29.7 Å². The van der Waals surface area contributed by atoms with Gasteiger partial charge in [0.1, 0.15) is 0 Å². The third-order valence-corrected chi connectivity index (χ3v) is 4.83. The zero-order chi connectivity index (χ0) is 22.1. The van der Waals surface area contributed by atoms with Gasteiger partial charge in [-0.1, -0.05) is 69.7 Å². The van der Waals surface area contributed by atoms with Crippen molar-refractivity contribution in [2.45, 2.75) is 106 Å². The fourth-order valence-electron chi connectivity index (χ4n) is 2.89. The highest BCUT2D eigenvalue weighted by Crippen LogP contribution is 2.18. The lowest BCUT2D eigenvalue weighted by atomic mass is 9.96. The number of aromatic nitrogens is 12. The quantitative estimate of drug-likeness (QED) is 0.352. The predicted molar refractivity (Wildman–Crippen MR) is 110 cm³/mol. The fourth-order valence-corrected chi connectivity index (χ4v) is 2.89. The molecule has 1 aliphatic rings. The van der Waals surface area contributed by atoms with E-state index in [1.165, 1.54) is 0 Å². The second-order valence-electron chi connectivity index (χ2n) is 11.0. The lowest BCUT2D eigenvalue weighted by molar-refractivity contribution is -1.03. The lowest BCUT2D eigenvalue weighted by Gasteiger charge is -2.06. The lowest BCUT2D eigenvalue weighted by Crippen LogP contribution is -2.63. The van der Waals surface area contributed by atoms with Crippen LogP contribution in [-0.2, 0) is 36.3 Å². The van der Waals surface area contributed by atoms with Crippen molar-refractivity contribution >= 4 is 0 Å². The summed E-state index contributed by atoms with van der Waals surface area (Å²) in [5, 5.41) is 28.6. The van der Waals surface area contributed by atoms with Crippen molar-refractivity contribution in [3.63, 3.8) is 0 Å². The van der Waals surface area contributed by atoms with Crippen LogP contribution in [0.5, 0.6) is 0 Å². The monoisotopic (exact) mass is 433 g/mol. The Morgan fingerprint density at radius 1 is 0.581 bits per heavy atom. The molecule has 0 atom stereocenters. The number of nitrogens with zero attached hydrogens (tertiary/aromatic N) is 12. The Balaban J connectivity index is 0.00000272. The van der Waals surface area contributed by atoms with E-state index in [1.54, 1.807) is 0 Å². The second kappa shape index (κ2) is 7.13. The van der Waals surface area contributed by atoms with Crippen LogP contribution in [0.4, 0.5) is 0 Å². The maximum Gasteiger partial charge on any atom is 0.314 e. The summed E-state index contributed by atoms with van der Waals surface area (Å²) in [7, 11) is 0. The van der Waals surface area contributed by atoms with Crippen LogP contribution in [-0.4, -0.2) is 45.0 Å². The van der Waals surface area contributed by atoms with Crippen LogP contribution < -0.4 is 14.4 Å². The Morgan fingerprint density at radius 3 is 1.39 bits per heavy atom. The predicted octanol–water partition coefficient (Wildman–Crippen LogP) is -0.317. The summed E-state index contributed by atoms with van der Waals surface area (Å²) in [4.78, 5) is 10.9. The maximum absolute atomic E-state index is 4.76. The van der Waals surface area contributed by atoms with Crippen LogP contribution in [0, 0.1) is 0 Å². The molecule has 0 N–H and O–H groups in total. The summed E-state index contributed by atoms with van der Waals surface area (Å²) in [5.41, 5.74) is -0.539. The van der Waals surface area contributed by atoms with E-state index in [0.717, 1.165) is 17.5 Å². The van der Waals surface area contributed by atoms with E-state index in [-0.39, 0.29) is 23.7 Å². The molecule has 0 aliphatic carbocycles. The van der Waals surface area contributed by atoms with E-state index in [1.807, 2.05) is 28.8 Å². The summed E-state index contributed by atoms with van der Waals surface area (Å²) < 4.78 is 0. The molecule has 1 aliphatic heterocycles. The van der Waals surface area contributed by atoms with Gasteiger partial charge in [0.25, 0.3) is 13.3 Å². The Hall–Kier alpha value is -2.79. The summed E-state index contributed by atoms with van der Waals surface area (Å²) in [6.07, 6.45) is 0. The van der Waals surface area contributed by atoms with Gasteiger partial charge in [0, 0.05) is 14.4 Å². The van der Waals surface area contributed by atoms with Gasteiger partial charge in [-0.15, -0.1) is 0 Å². The van der Waals surface area contributed by atoms with Crippen molar-refractivity contribution in [3.05, 3.63) is 17.5 Å². The minimum absolute atomic E-state index is 0. The molecular weight excluding hydrogens is 396 g/mol. The standard InChI is InChI=1S/C18H33N12.CH4/c1-16(2,3)13-19-25-10-27-21-14(17(4,5)6)23-29(27)12-30-24-15(18(7,8)9)22-28(30)11-26(25)20-13;/h10-12H2,1-9H3;1H4/q+3;. The first-order chi connectivity index (χ1) is 13.7. The zero-order valence-corrected chi connectivity index (χ0v) is 19.5. The van der Waals surface area contributed by atoms with Crippen LogP contribution >= 0.6 is 0 Å². The van der Waals surface area contributed by atoms with Gasteiger partial charge in [-0.2, -0.15) is 0 Å². The first-order valence-electron chi connectivity index (χ1n) is 10.3. The van der Waals surface area contributed by atoms with E-state index in [9.17, 15) is 0 Å². The average molecular weight is 434 g/mol. The molecule has 12 nitrogen and oxygen atoms in total. The zero-order valence-electron chi connectivity index (χ0n) is 19.5. The highest BCUT2D eigenvalue weighted by atomic mass is 15.8. The molecule has 0 saturated heterocycles. The molecule has 170 valence electrons. The first-order valence-corrected chi connectivity index (χ1v) is 10.3. The largest absolute Gasteiger partial charge is 0.314 e. The van der Waals surface area contributed by atoms with Gasteiger partial charge in [0.2, 0.25) is 0 Å². The number of rotatable bonds is 0. The molecule has 31 heavy (non-hydrogen) atoms. The Labute approximate surface area is 183 Å². The van der Waals surface area contributed by atoms with Crippen molar-refractivity contribution in [1.29, 1.82) is 0 Å². The molecule has 0 unspecified atom stereocenters. The van der Waals surface area contributed by atoms with E-state index in [4.69, 9.17) is 30.6 Å². The highest BCUT2D eigenvalue weighted by molar-refractivity contribution is 4.96. The van der Waals surface area contributed by atoms with Crippen LogP contribution in [0.2, 0.25) is 0 Å². The number of fused-ring (bicyclic) bond motifs is 3. The number of hydrogen-bond acceptors (Lipinski definition) is 6. The van der Waals surface area contributed by atoms with Crippen molar-refractivity contribution in [1.82, 2.24) is 45.0 Å². The third-order valence-electron chi connectivity index (χ3n) is 4.83. The molecule has 0 bridgehead atoms. The van der Waals surface area contributed by atoms with Crippen LogP contribution in [0.25, 0.3) is 0 Å². The molecule has 0 fully saturated rings. The average Bonchev–Trinajstić information content (AvgIpc) is 3.25. The summed E-state index contributed by atoms with van der Waals surface area (Å²) in [6.45, 7) is 20.1. The third kappa shape index (κ3) is 4.33. The molecule has 3 aromatic heterocycles. The van der Waals surface area contributed by atoms with Gasteiger partial charge in [0.15, 0.2) is 0 Å². The molecule has 0 radical (unpaired) electrons. The smallest absolute Gasteiger partial charge is 0.0776 e. The Bertz CT molecular complexity index is 884. The van der Waals surface area contributed by atoms with Gasteiger partial charge < -0.3 is 0 Å². The molecule has 4 rings (SSSR count). The van der Waals surface area contributed by atoms with Gasteiger partial charge in [-0.25, -0.2) is 0 Å².